The lowest BCUT2D eigenvalue weighted by Gasteiger charge is -2.06. The molecule has 0 aliphatic rings. The van der Waals surface area contributed by atoms with Crippen molar-refractivity contribution in [3.8, 4) is 5.75 Å². The Kier molecular flexibility index (Phi) is 3.84. The fourth-order valence-corrected chi connectivity index (χ4v) is 3.09. The zero-order valence-electron chi connectivity index (χ0n) is 14.4. The molecule has 0 atom stereocenters. The standard InChI is InChI=1S/C21H16O5/c1-3-13-10-19(22)25-18-11-14(8-9-16(13)18)24-21(23)20-12(2)15-6-4-5-7-17(15)26-20/h4-11H,3H2,1-2H3. The Morgan fingerprint density at radius 3 is 2.58 bits per heavy atom. The minimum atomic E-state index is -0.591. The lowest BCUT2D eigenvalue weighted by atomic mass is 10.1. The summed E-state index contributed by atoms with van der Waals surface area (Å²) in [7, 11) is 0. The molecule has 2 aromatic carbocycles. The molecule has 0 saturated carbocycles. The van der Waals surface area contributed by atoms with Gasteiger partial charge in [-0.1, -0.05) is 25.1 Å². The smallest absolute Gasteiger partial charge is 0.379 e. The summed E-state index contributed by atoms with van der Waals surface area (Å²) in [5.74, 6) is -0.138. The number of benzene rings is 2. The Morgan fingerprint density at radius 2 is 1.81 bits per heavy atom. The Bertz CT molecular complexity index is 1200. The molecule has 0 radical (unpaired) electrons. The van der Waals surface area contributed by atoms with E-state index in [1.54, 1.807) is 24.3 Å². The van der Waals surface area contributed by atoms with Crippen LogP contribution in [0.2, 0.25) is 0 Å². The van der Waals surface area contributed by atoms with Crippen LogP contribution in [0.5, 0.6) is 5.75 Å². The van der Waals surface area contributed by atoms with Gasteiger partial charge in [-0.05, 0) is 37.1 Å². The Morgan fingerprint density at radius 1 is 1.00 bits per heavy atom. The van der Waals surface area contributed by atoms with Gasteiger partial charge in [-0.15, -0.1) is 0 Å². The van der Waals surface area contributed by atoms with Gasteiger partial charge in [0.25, 0.3) is 0 Å². The molecule has 2 heterocycles. The highest BCUT2D eigenvalue weighted by Crippen LogP contribution is 2.27. The molecule has 0 spiro atoms. The first-order chi connectivity index (χ1) is 12.6. The number of ether oxygens (including phenoxy) is 1. The SMILES string of the molecule is CCc1cc(=O)oc2cc(OC(=O)c3oc4ccccc4c3C)ccc12. The molecule has 5 nitrogen and oxygen atoms in total. The molecule has 4 rings (SSSR count). The third kappa shape index (κ3) is 2.67. The normalized spacial score (nSPS) is 11.2. The highest BCUT2D eigenvalue weighted by atomic mass is 16.5. The van der Waals surface area contributed by atoms with Gasteiger partial charge in [0.1, 0.15) is 16.9 Å². The second kappa shape index (κ2) is 6.19. The Hall–Kier alpha value is -3.34. The summed E-state index contributed by atoms with van der Waals surface area (Å²) in [6, 6.07) is 13.9. The van der Waals surface area contributed by atoms with Crippen LogP contribution in [0.15, 0.2) is 62.2 Å². The zero-order chi connectivity index (χ0) is 18.3. The van der Waals surface area contributed by atoms with Crippen LogP contribution in [0.4, 0.5) is 0 Å². The molecule has 0 saturated heterocycles. The third-order valence-corrected chi connectivity index (χ3v) is 4.42. The van der Waals surface area contributed by atoms with Gasteiger partial charge in [0.2, 0.25) is 5.76 Å². The molecule has 0 N–H and O–H groups in total. The second-order valence-electron chi connectivity index (χ2n) is 6.04. The van der Waals surface area contributed by atoms with Crippen LogP contribution in [0.25, 0.3) is 21.9 Å². The van der Waals surface area contributed by atoms with Gasteiger partial charge < -0.3 is 13.6 Å². The minimum Gasteiger partial charge on any atom is -0.449 e. The monoisotopic (exact) mass is 348 g/mol. The number of rotatable bonds is 3. The van der Waals surface area contributed by atoms with Crippen LogP contribution in [-0.4, -0.2) is 5.97 Å². The molecule has 26 heavy (non-hydrogen) atoms. The number of carbonyl (C=O) groups is 1. The molecule has 0 amide bonds. The second-order valence-corrected chi connectivity index (χ2v) is 6.04. The van der Waals surface area contributed by atoms with Crippen molar-refractivity contribution in [2.24, 2.45) is 0 Å². The van der Waals surface area contributed by atoms with Crippen LogP contribution in [0.3, 0.4) is 0 Å². The first kappa shape index (κ1) is 16.1. The first-order valence-corrected chi connectivity index (χ1v) is 8.34. The van der Waals surface area contributed by atoms with E-state index < -0.39 is 11.6 Å². The fraction of sp³-hybridized carbons (Fsp3) is 0.143. The van der Waals surface area contributed by atoms with Gasteiger partial charge in [-0.2, -0.15) is 0 Å². The van der Waals surface area contributed by atoms with Crippen molar-refractivity contribution in [1.82, 2.24) is 0 Å². The van der Waals surface area contributed by atoms with E-state index in [-0.39, 0.29) is 5.76 Å². The van der Waals surface area contributed by atoms with E-state index in [2.05, 4.69) is 0 Å². The number of hydrogen-bond acceptors (Lipinski definition) is 5. The number of esters is 1. The van der Waals surface area contributed by atoms with Gasteiger partial charge >= 0.3 is 11.6 Å². The summed E-state index contributed by atoms with van der Waals surface area (Å²) < 4.78 is 16.3. The van der Waals surface area contributed by atoms with Crippen LogP contribution >= 0.6 is 0 Å². The van der Waals surface area contributed by atoms with Gasteiger partial charge in [0.05, 0.1) is 0 Å². The lowest BCUT2D eigenvalue weighted by Crippen LogP contribution is -2.09. The lowest BCUT2D eigenvalue weighted by molar-refractivity contribution is 0.0703. The molecule has 4 aromatic rings. The maximum absolute atomic E-state index is 12.5. The highest BCUT2D eigenvalue weighted by Gasteiger charge is 2.20. The number of para-hydroxylation sites is 1. The molecule has 0 bridgehead atoms. The van der Waals surface area contributed by atoms with E-state index >= 15 is 0 Å². The van der Waals surface area contributed by atoms with Crippen molar-refractivity contribution in [3.05, 3.63) is 75.8 Å². The molecule has 5 heteroatoms. The van der Waals surface area contributed by atoms with Crippen molar-refractivity contribution >= 4 is 27.9 Å². The molecule has 0 aliphatic heterocycles. The predicted molar refractivity (Wildman–Crippen MR) is 97.8 cm³/mol. The molecule has 2 aromatic heterocycles. The summed E-state index contributed by atoms with van der Waals surface area (Å²) in [6.07, 6.45) is 0.708. The van der Waals surface area contributed by atoms with Crippen LogP contribution in [-0.2, 0) is 6.42 Å². The predicted octanol–water partition coefficient (Wildman–Crippen LogP) is 4.63. The number of fused-ring (bicyclic) bond motifs is 2. The molecular formula is C21H16O5. The van der Waals surface area contributed by atoms with Gasteiger partial charge in [-0.3, -0.25) is 0 Å². The quantitative estimate of drug-likeness (QED) is 0.307. The van der Waals surface area contributed by atoms with Crippen LogP contribution in [0.1, 0.15) is 28.6 Å². The third-order valence-electron chi connectivity index (χ3n) is 4.42. The number of carbonyl (C=O) groups excluding carboxylic acids is 1. The summed E-state index contributed by atoms with van der Waals surface area (Å²) in [5.41, 5.74) is 2.22. The van der Waals surface area contributed by atoms with E-state index in [0.29, 0.717) is 23.3 Å². The maximum Gasteiger partial charge on any atom is 0.379 e. The topological polar surface area (TPSA) is 69.7 Å². The van der Waals surface area contributed by atoms with Crippen molar-refractivity contribution in [2.45, 2.75) is 20.3 Å². The van der Waals surface area contributed by atoms with Crippen LogP contribution < -0.4 is 10.4 Å². The Balaban J connectivity index is 1.71. The summed E-state index contributed by atoms with van der Waals surface area (Å²) in [6.45, 7) is 3.78. The fourth-order valence-electron chi connectivity index (χ4n) is 3.09. The number of aryl methyl sites for hydroxylation is 2. The van der Waals surface area contributed by atoms with E-state index in [1.807, 2.05) is 32.0 Å². The zero-order valence-corrected chi connectivity index (χ0v) is 14.4. The minimum absolute atomic E-state index is 0.162. The molecular weight excluding hydrogens is 332 g/mol. The van der Waals surface area contributed by atoms with Crippen molar-refractivity contribution < 1.29 is 18.4 Å². The van der Waals surface area contributed by atoms with Gasteiger partial charge in [0.15, 0.2) is 0 Å². The van der Waals surface area contributed by atoms with Crippen LogP contribution in [0, 0.1) is 6.92 Å². The van der Waals surface area contributed by atoms with E-state index in [0.717, 1.165) is 21.9 Å². The van der Waals surface area contributed by atoms with Gasteiger partial charge in [-0.25, -0.2) is 9.59 Å². The van der Waals surface area contributed by atoms with E-state index in [9.17, 15) is 9.59 Å². The number of furan rings is 1. The highest BCUT2D eigenvalue weighted by molar-refractivity contribution is 5.97. The molecule has 0 unspecified atom stereocenters. The molecule has 130 valence electrons. The summed E-state index contributed by atoms with van der Waals surface area (Å²) >= 11 is 0. The van der Waals surface area contributed by atoms with Gasteiger partial charge in [0, 0.05) is 28.5 Å². The van der Waals surface area contributed by atoms with Crippen molar-refractivity contribution in [2.75, 3.05) is 0 Å². The van der Waals surface area contributed by atoms with Crippen molar-refractivity contribution in [3.63, 3.8) is 0 Å². The largest absolute Gasteiger partial charge is 0.449 e. The average Bonchev–Trinajstić information content (AvgIpc) is 2.98. The molecule has 0 fully saturated rings. The van der Waals surface area contributed by atoms with E-state index in [1.165, 1.54) is 6.07 Å². The summed E-state index contributed by atoms with van der Waals surface area (Å²) in [4.78, 5) is 24.2. The average molecular weight is 348 g/mol. The first-order valence-electron chi connectivity index (χ1n) is 8.34. The summed E-state index contributed by atoms with van der Waals surface area (Å²) in [5, 5.41) is 1.70. The molecule has 0 aliphatic carbocycles. The number of hydrogen-bond donors (Lipinski definition) is 0. The maximum atomic E-state index is 12.5. The van der Waals surface area contributed by atoms with Crippen molar-refractivity contribution in [1.29, 1.82) is 0 Å². The van der Waals surface area contributed by atoms with E-state index in [4.69, 9.17) is 13.6 Å². The Labute approximate surface area is 148 Å².